The van der Waals surface area contributed by atoms with Crippen molar-refractivity contribution < 1.29 is 8.42 Å². The molecular weight excluding hydrogens is 304 g/mol. The van der Waals surface area contributed by atoms with Crippen LogP contribution in [0.4, 0.5) is 0 Å². The summed E-state index contributed by atoms with van der Waals surface area (Å²) in [5, 5.41) is 3.18. The molecule has 17 heavy (non-hydrogen) atoms. The summed E-state index contributed by atoms with van der Waals surface area (Å²) in [6.45, 7) is 5.31. The summed E-state index contributed by atoms with van der Waals surface area (Å²) in [6, 6.07) is 5.20. The van der Waals surface area contributed by atoms with Crippen LogP contribution in [0.5, 0.6) is 0 Å². The topological polar surface area (TPSA) is 58.2 Å². The Bertz CT molecular complexity index is 555. The maximum absolute atomic E-state index is 11.9. The number of sulfonamides is 1. The molecule has 0 saturated carbocycles. The molecule has 0 fully saturated rings. The van der Waals surface area contributed by atoms with Crippen LogP contribution in [-0.4, -0.2) is 15.0 Å². The first kappa shape index (κ1) is 12.8. The molecule has 6 heteroatoms. The van der Waals surface area contributed by atoms with Gasteiger partial charge in [-0.25, -0.2) is 13.1 Å². The van der Waals surface area contributed by atoms with Crippen molar-refractivity contribution >= 4 is 26.0 Å². The quantitative estimate of drug-likeness (QED) is 0.884. The van der Waals surface area contributed by atoms with E-state index in [-0.39, 0.29) is 6.54 Å². The van der Waals surface area contributed by atoms with Gasteiger partial charge in [-0.15, -0.1) is 0 Å². The number of fused-ring (bicyclic) bond motifs is 1. The van der Waals surface area contributed by atoms with E-state index in [1.807, 2.05) is 6.07 Å². The molecule has 0 radical (unpaired) electrons. The molecular formula is C11H13BrN2O2S. The Balaban J connectivity index is 2.24. The third-order valence-corrected chi connectivity index (χ3v) is 4.25. The summed E-state index contributed by atoms with van der Waals surface area (Å²) < 4.78 is 27.0. The highest BCUT2D eigenvalue weighted by Crippen LogP contribution is 2.20. The molecule has 1 aliphatic heterocycles. The molecule has 0 amide bonds. The maximum Gasteiger partial charge on any atom is 0.240 e. The minimum absolute atomic E-state index is 0.192. The van der Waals surface area contributed by atoms with Gasteiger partial charge in [0.2, 0.25) is 10.0 Å². The molecule has 0 aliphatic carbocycles. The molecule has 92 valence electrons. The van der Waals surface area contributed by atoms with Crippen LogP contribution in [0, 0.1) is 0 Å². The molecule has 1 heterocycles. The summed E-state index contributed by atoms with van der Waals surface area (Å²) in [6.07, 6.45) is 0. The van der Waals surface area contributed by atoms with Gasteiger partial charge in [0.1, 0.15) is 0 Å². The molecule has 2 N–H and O–H groups in total. The van der Waals surface area contributed by atoms with Crippen molar-refractivity contribution in [2.45, 2.75) is 18.0 Å². The summed E-state index contributed by atoms with van der Waals surface area (Å²) in [7, 11) is -3.45. The van der Waals surface area contributed by atoms with E-state index in [1.165, 1.54) is 0 Å². The van der Waals surface area contributed by atoms with Gasteiger partial charge in [0.15, 0.2) is 0 Å². The Morgan fingerprint density at radius 2 is 2.12 bits per heavy atom. The zero-order valence-corrected chi connectivity index (χ0v) is 11.6. The molecule has 1 aliphatic rings. The van der Waals surface area contributed by atoms with Crippen LogP contribution < -0.4 is 10.0 Å². The SMILES string of the molecule is C=C(Br)CNS(=O)(=O)c1ccc2c(c1)CNC2. The standard InChI is InChI=1S/C11H13BrN2O2S/c1-8(12)5-14-17(15,16)11-3-2-9-6-13-7-10(9)4-11/h2-4,13-14H,1,5-7H2. The van der Waals surface area contributed by atoms with E-state index in [4.69, 9.17) is 0 Å². The van der Waals surface area contributed by atoms with Crippen LogP contribution in [0.2, 0.25) is 0 Å². The fraction of sp³-hybridized carbons (Fsp3) is 0.273. The van der Waals surface area contributed by atoms with Crippen molar-refractivity contribution in [1.82, 2.24) is 10.0 Å². The van der Waals surface area contributed by atoms with Crippen molar-refractivity contribution in [1.29, 1.82) is 0 Å². The number of hydrogen-bond acceptors (Lipinski definition) is 3. The van der Waals surface area contributed by atoms with E-state index in [0.29, 0.717) is 9.38 Å². The fourth-order valence-corrected chi connectivity index (χ4v) is 3.10. The highest BCUT2D eigenvalue weighted by Gasteiger charge is 2.17. The van der Waals surface area contributed by atoms with E-state index < -0.39 is 10.0 Å². The van der Waals surface area contributed by atoms with E-state index >= 15 is 0 Å². The maximum atomic E-state index is 11.9. The van der Waals surface area contributed by atoms with Crippen molar-refractivity contribution in [2.75, 3.05) is 6.54 Å². The normalized spacial score (nSPS) is 14.6. The zero-order valence-electron chi connectivity index (χ0n) is 9.16. The van der Waals surface area contributed by atoms with Crippen LogP contribution in [0.3, 0.4) is 0 Å². The third kappa shape index (κ3) is 2.95. The van der Waals surface area contributed by atoms with Crippen LogP contribution >= 0.6 is 15.9 Å². The molecule has 0 saturated heterocycles. The monoisotopic (exact) mass is 316 g/mol. The van der Waals surface area contributed by atoms with Gasteiger partial charge in [-0.1, -0.05) is 28.6 Å². The Labute approximate surface area is 109 Å². The van der Waals surface area contributed by atoms with Crippen molar-refractivity contribution in [3.05, 3.63) is 40.4 Å². The predicted octanol–water partition coefficient (Wildman–Crippen LogP) is 1.48. The number of nitrogens with one attached hydrogen (secondary N) is 2. The van der Waals surface area contributed by atoms with Crippen molar-refractivity contribution in [3.8, 4) is 0 Å². The van der Waals surface area contributed by atoms with Gasteiger partial charge in [0.05, 0.1) is 4.90 Å². The number of hydrogen-bond donors (Lipinski definition) is 2. The lowest BCUT2D eigenvalue weighted by molar-refractivity contribution is 0.585. The highest BCUT2D eigenvalue weighted by atomic mass is 79.9. The second-order valence-electron chi connectivity index (χ2n) is 3.88. The molecule has 0 aromatic heterocycles. The minimum Gasteiger partial charge on any atom is -0.309 e. The average molecular weight is 317 g/mol. The van der Waals surface area contributed by atoms with E-state index in [2.05, 4.69) is 32.5 Å². The summed E-state index contributed by atoms with van der Waals surface area (Å²) in [4.78, 5) is 0.300. The van der Waals surface area contributed by atoms with Crippen LogP contribution in [0.25, 0.3) is 0 Å². The molecule has 0 atom stereocenters. The van der Waals surface area contributed by atoms with Crippen molar-refractivity contribution in [3.63, 3.8) is 0 Å². The molecule has 0 spiro atoms. The van der Waals surface area contributed by atoms with Gasteiger partial charge in [-0.2, -0.15) is 0 Å². The lowest BCUT2D eigenvalue weighted by Gasteiger charge is -2.07. The first-order chi connectivity index (χ1) is 7.99. The van der Waals surface area contributed by atoms with Crippen molar-refractivity contribution in [2.24, 2.45) is 0 Å². The smallest absolute Gasteiger partial charge is 0.240 e. The Hall–Kier alpha value is -0.690. The Morgan fingerprint density at radius 3 is 2.82 bits per heavy atom. The molecule has 0 unspecified atom stereocenters. The zero-order chi connectivity index (χ0) is 12.5. The third-order valence-electron chi connectivity index (χ3n) is 2.57. The lowest BCUT2D eigenvalue weighted by atomic mass is 10.1. The van der Waals surface area contributed by atoms with Crippen LogP contribution in [-0.2, 0) is 23.1 Å². The fourth-order valence-electron chi connectivity index (χ4n) is 1.69. The molecule has 1 aromatic carbocycles. The number of benzene rings is 1. The minimum atomic E-state index is -3.45. The van der Waals surface area contributed by atoms with Crippen LogP contribution in [0.15, 0.2) is 34.2 Å². The second-order valence-corrected chi connectivity index (χ2v) is 6.76. The largest absolute Gasteiger partial charge is 0.309 e. The summed E-state index contributed by atoms with van der Waals surface area (Å²) in [5.74, 6) is 0. The Morgan fingerprint density at radius 1 is 1.41 bits per heavy atom. The molecule has 4 nitrogen and oxygen atoms in total. The number of halogens is 1. The van der Waals surface area contributed by atoms with E-state index in [0.717, 1.165) is 24.2 Å². The Kier molecular flexibility index (Phi) is 3.67. The molecule has 1 aromatic rings. The van der Waals surface area contributed by atoms with Gasteiger partial charge in [0, 0.05) is 24.1 Å². The first-order valence-corrected chi connectivity index (χ1v) is 7.42. The molecule has 0 bridgehead atoms. The van der Waals surface area contributed by atoms with E-state index in [1.54, 1.807) is 12.1 Å². The van der Waals surface area contributed by atoms with Crippen LogP contribution in [0.1, 0.15) is 11.1 Å². The number of rotatable bonds is 4. The van der Waals surface area contributed by atoms with Gasteiger partial charge >= 0.3 is 0 Å². The summed E-state index contributed by atoms with van der Waals surface area (Å²) >= 11 is 3.12. The second kappa shape index (κ2) is 4.89. The van der Waals surface area contributed by atoms with Gasteiger partial charge in [0.25, 0.3) is 0 Å². The van der Waals surface area contributed by atoms with Gasteiger partial charge < -0.3 is 5.32 Å². The highest BCUT2D eigenvalue weighted by molar-refractivity contribution is 9.11. The first-order valence-electron chi connectivity index (χ1n) is 5.14. The lowest BCUT2D eigenvalue weighted by Crippen LogP contribution is -2.24. The predicted molar refractivity (Wildman–Crippen MR) is 70.2 cm³/mol. The van der Waals surface area contributed by atoms with Gasteiger partial charge in [-0.05, 0) is 23.3 Å². The molecule has 2 rings (SSSR count). The van der Waals surface area contributed by atoms with Gasteiger partial charge in [-0.3, -0.25) is 0 Å². The average Bonchev–Trinajstić information content (AvgIpc) is 2.73. The summed E-state index contributed by atoms with van der Waals surface area (Å²) in [5.41, 5.74) is 2.21. The van der Waals surface area contributed by atoms with E-state index in [9.17, 15) is 8.42 Å².